The highest BCUT2D eigenvalue weighted by Crippen LogP contribution is 1.95. The minimum Gasteiger partial charge on any atom is -0.399 e. The molecule has 0 atom stereocenters. The Labute approximate surface area is 62.1 Å². The normalized spacial score (nSPS) is 6.67. The van der Waals surface area contributed by atoms with Gasteiger partial charge in [0.15, 0.2) is 0 Å². The van der Waals surface area contributed by atoms with Crippen molar-refractivity contribution in [1.82, 2.24) is 6.15 Å². The van der Waals surface area contributed by atoms with Gasteiger partial charge in [-0.1, -0.05) is 18.2 Å². The maximum atomic E-state index is 5.36. The Morgan fingerprint density at radius 3 is 1.67 bits per heavy atom. The maximum absolute atomic E-state index is 5.36. The largest absolute Gasteiger partial charge is 0.399 e. The van der Waals surface area contributed by atoms with Crippen LogP contribution in [0, 0.1) is 0 Å². The van der Waals surface area contributed by atoms with E-state index in [0.29, 0.717) is 0 Å². The first-order chi connectivity index (χ1) is 3.39. The number of nitrogen functional groups attached to an aromatic ring is 1. The molecule has 2 nitrogen and oxygen atoms in total. The summed E-state index contributed by atoms with van der Waals surface area (Å²) >= 11 is 0. The summed E-state index contributed by atoms with van der Waals surface area (Å²) in [6.07, 6.45) is 0. The fourth-order valence-corrected chi connectivity index (χ4v) is 0.453. The number of hydrogen-bond donors (Lipinski definition) is 2. The average Bonchev–Trinajstić information content (AvgIpc) is 1.69. The van der Waals surface area contributed by atoms with Gasteiger partial charge < -0.3 is 11.9 Å². The molecular formula is C6H12N2S. The van der Waals surface area contributed by atoms with Gasteiger partial charge in [-0.2, -0.15) is 13.5 Å². The van der Waals surface area contributed by atoms with Crippen LogP contribution in [0.1, 0.15) is 0 Å². The predicted octanol–water partition coefficient (Wildman–Crippen LogP) is 1.54. The summed E-state index contributed by atoms with van der Waals surface area (Å²) in [5.41, 5.74) is 6.18. The fourth-order valence-electron chi connectivity index (χ4n) is 0.453. The van der Waals surface area contributed by atoms with E-state index in [1.807, 2.05) is 30.3 Å². The highest BCUT2D eigenvalue weighted by molar-refractivity contribution is 7.59. The number of hydrogen-bond acceptors (Lipinski definition) is 2. The number of benzene rings is 1. The van der Waals surface area contributed by atoms with Gasteiger partial charge in [0, 0.05) is 5.69 Å². The van der Waals surface area contributed by atoms with Crippen molar-refractivity contribution in [3.63, 3.8) is 0 Å². The number of nitrogens with two attached hydrogens (primary N) is 1. The van der Waals surface area contributed by atoms with Gasteiger partial charge in [-0.05, 0) is 12.1 Å². The second kappa shape index (κ2) is 5.47. The Balaban J connectivity index is 0. The molecule has 0 aliphatic rings. The van der Waals surface area contributed by atoms with Crippen molar-refractivity contribution in [3.05, 3.63) is 30.3 Å². The van der Waals surface area contributed by atoms with Crippen molar-refractivity contribution in [3.8, 4) is 0 Å². The summed E-state index contributed by atoms with van der Waals surface area (Å²) in [6, 6.07) is 9.49. The molecule has 0 unspecified atom stereocenters. The quantitative estimate of drug-likeness (QED) is 0.542. The van der Waals surface area contributed by atoms with Crippen LogP contribution in [0.2, 0.25) is 0 Å². The van der Waals surface area contributed by atoms with E-state index < -0.39 is 0 Å². The molecule has 9 heavy (non-hydrogen) atoms. The van der Waals surface area contributed by atoms with Crippen LogP contribution in [-0.2, 0) is 0 Å². The van der Waals surface area contributed by atoms with Crippen molar-refractivity contribution in [2.45, 2.75) is 0 Å². The standard InChI is InChI=1S/C6H7N.H3N.H2S/c7-6-4-2-1-3-5-6;;/h1-5H,7H2;1H3;1H2. The zero-order chi connectivity index (χ0) is 5.11. The molecule has 0 amide bonds. The monoisotopic (exact) mass is 144 g/mol. The van der Waals surface area contributed by atoms with E-state index in [0.717, 1.165) is 5.69 Å². The topological polar surface area (TPSA) is 61.0 Å². The van der Waals surface area contributed by atoms with Gasteiger partial charge in [-0.25, -0.2) is 0 Å². The summed E-state index contributed by atoms with van der Waals surface area (Å²) < 4.78 is 0. The van der Waals surface area contributed by atoms with Crippen LogP contribution >= 0.6 is 13.5 Å². The van der Waals surface area contributed by atoms with Crippen LogP contribution < -0.4 is 11.9 Å². The molecule has 3 heteroatoms. The first kappa shape index (κ1) is 11.2. The second-order valence-corrected chi connectivity index (χ2v) is 1.41. The summed E-state index contributed by atoms with van der Waals surface area (Å²) in [7, 11) is 0. The van der Waals surface area contributed by atoms with Gasteiger partial charge in [0.2, 0.25) is 0 Å². The summed E-state index contributed by atoms with van der Waals surface area (Å²) in [5, 5.41) is 0. The van der Waals surface area contributed by atoms with Crippen LogP contribution in [-0.4, -0.2) is 0 Å². The highest BCUT2D eigenvalue weighted by Gasteiger charge is 1.72. The van der Waals surface area contributed by atoms with Gasteiger partial charge in [-0.3, -0.25) is 0 Å². The van der Waals surface area contributed by atoms with Crippen LogP contribution in [0.4, 0.5) is 5.69 Å². The lowest BCUT2D eigenvalue weighted by molar-refractivity contribution is 1.69. The molecule has 52 valence electrons. The summed E-state index contributed by atoms with van der Waals surface area (Å²) in [4.78, 5) is 0. The lowest BCUT2D eigenvalue weighted by Crippen LogP contribution is -1.79. The molecule has 0 aliphatic heterocycles. The van der Waals surface area contributed by atoms with Crippen molar-refractivity contribution in [2.24, 2.45) is 0 Å². The molecule has 0 bridgehead atoms. The van der Waals surface area contributed by atoms with Crippen molar-refractivity contribution < 1.29 is 0 Å². The summed E-state index contributed by atoms with van der Waals surface area (Å²) in [5.74, 6) is 0. The third kappa shape index (κ3) is 3.88. The third-order valence-corrected chi connectivity index (χ3v) is 0.800. The SMILES string of the molecule is N.Nc1ccccc1.S. The molecule has 0 fully saturated rings. The maximum Gasteiger partial charge on any atom is 0.0313 e. The lowest BCUT2D eigenvalue weighted by Gasteiger charge is -1.83. The molecule has 0 heterocycles. The Morgan fingerprint density at radius 2 is 1.44 bits per heavy atom. The Kier molecular flexibility index (Phi) is 6.78. The Morgan fingerprint density at radius 1 is 1.00 bits per heavy atom. The molecule has 1 aromatic carbocycles. The molecule has 0 spiro atoms. The van der Waals surface area contributed by atoms with E-state index in [9.17, 15) is 0 Å². The first-order valence-corrected chi connectivity index (χ1v) is 2.20. The van der Waals surface area contributed by atoms with Gasteiger partial charge in [0.25, 0.3) is 0 Å². The minimum atomic E-state index is 0. The second-order valence-electron chi connectivity index (χ2n) is 1.41. The molecule has 0 radical (unpaired) electrons. The van der Waals surface area contributed by atoms with E-state index in [4.69, 9.17) is 5.73 Å². The van der Waals surface area contributed by atoms with Crippen molar-refractivity contribution in [2.75, 3.05) is 5.73 Å². The molecule has 0 aromatic heterocycles. The molecule has 0 saturated carbocycles. The van der Waals surface area contributed by atoms with Crippen molar-refractivity contribution in [1.29, 1.82) is 0 Å². The van der Waals surface area contributed by atoms with Crippen LogP contribution in [0.5, 0.6) is 0 Å². The minimum absolute atomic E-state index is 0. The first-order valence-electron chi connectivity index (χ1n) is 2.20. The van der Waals surface area contributed by atoms with Gasteiger partial charge in [-0.15, -0.1) is 0 Å². The van der Waals surface area contributed by atoms with E-state index in [1.165, 1.54) is 0 Å². The molecular weight excluding hydrogens is 132 g/mol. The predicted molar refractivity (Wildman–Crippen MR) is 46.3 cm³/mol. The number of rotatable bonds is 0. The average molecular weight is 144 g/mol. The van der Waals surface area contributed by atoms with E-state index in [1.54, 1.807) is 0 Å². The van der Waals surface area contributed by atoms with E-state index in [-0.39, 0.29) is 19.6 Å². The summed E-state index contributed by atoms with van der Waals surface area (Å²) in [6.45, 7) is 0. The van der Waals surface area contributed by atoms with Crippen LogP contribution in [0.3, 0.4) is 0 Å². The fraction of sp³-hybridized carbons (Fsp3) is 0. The lowest BCUT2D eigenvalue weighted by atomic mass is 10.3. The Hall–Kier alpha value is -0.670. The molecule has 0 saturated heterocycles. The van der Waals surface area contributed by atoms with Crippen LogP contribution in [0.25, 0.3) is 0 Å². The smallest absolute Gasteiger partial charge is 0.0313 e. The molecule has 1 aromatic rings. The van der Waals surface area contributed by atoms with Gasteiger partial charge in [0.1, 0.15) is 0 Å². The van der Waals surface area contributed by atoms with Crippen molar-refractivity contribution >= 4 is 19.2 Å². The zero-order valence-corrected chi connectivity index (χ0v) is 6.17. The number of para-hydroxylation sites is 1. The zero-order valence-electron chi connectivity index (χ0n) is 5.17. The van der Waals surface area contributed by atoms with E-state index in [2.05, 4.69) is 0 Å². The van der Waals surface area contributed by atoms with E-state index >= 15 is 0 Å². The highest BCUT2D eigenvalue weighted by atomic mass is 32.1. The van der Waals surface area contributed by atoms with Gasteiger partial charge >= 0.3 is 0 Å². The van der Waals surface area contributed by atoms with Crippen LogP contribution in [0.15, 0.2) is 30.3 Å². The molecule has 0 aliphatic carbocycles. The molecule has 5 N–H and O–H groups in total. The number of anilines is 1. The van der Waals surface area contributed by atoms with Gasteiger partial charge in [0.05, 0.1) is 0 Å². The molecule has 1 rings (SSSR count). The Bertz CT molecular complexity index is 141. The third-order valence-electron chi connectivity index (χ3n) is 0.800.